The second kappa shape index (κ2) is 7.07. The molecule has 0 spiro atoms. The van der Waals surface area contributed by atoms with Crippen LogP contribution in [0, 0.1) is 13.8 Å². The predicted octanol–water partition coefficient (Wildman–Crippen LogP) is 3.77. The van der Waals surface area contributed by atoms with Crippen molar-refractivity contribution in [2.24, 2.45) is 0 Å². The predicted molar refractivity (Wildman–Crippen MR) is 90.3 cm³/mol. The summed E-state index contributed by atoms with van der Waals surface area (Å²) in [7, 11) is 0. The van der Waals surface area contributed by atoms with Crippen molar-refractivity contribution in [3.8, 4) is 0 Å². The van der Waals surface area contributed by atoms with Gasteiger partial charge in [-0.2, -0.15) is 0 Å². The third-order valence-corrected chi connectivity index (χ3v) is 5.77. The van der Waals surface area contributed by atoms with Crippen molar-refractivity contribution >= 4 is 17.7 Å². The minimum atomic E-state index is 0.164. The molecule has 0 unspecified atom stereocenters. The van der Waals surface area contributed by atoms with Gasteiger partial charge in [-0.25, -0.2) is 4.98 Å². The van der Waals surface area contributed by atoms with Crippen LogP contribution in [0.25, 0.3) is 0 Å². The minimum Gasteiger partial charge on any atom is -0.353 e. The number of amides is 1. The summed E-state index contributed by atoms with van der Waals surface area (Å²) in [4.78, 5) is 16.9. The Hall–Kier alpha value is -0.970. The molecule has 2 fully saturated rings. The van der Waals surface area contributed by atoms with E-state index in [1.54, 1.807) is 11.8 Å². The van der Waals surface area contributed by atoms with Crippen LogP contribution in [-0.2, 0) is 4.79 Å². The zero-order chi connectivity index (χ0) is 15.5. The van der Waals surface area contributed by atoms with Gasteiger partial charge in [-0.1, -0.05) is 37.4 Å². The molecule has 2 aliphatic rings. The second-order valence-corrected chi connectivity index (χ2v) is 7.65. The molecular formula is C17H27N3OS. The summed E-state index contributed by atoms with van der Waals surface area (Å²) in [6.07, 6.45) is 9.93. The SMILES string of the molecule is Cc1nc(SCC(=O)NC2CCCCCC2)n(C2CC2)c1C. The third kappa shape index (κ3) is 3.86. The molecular weight excluding hydrogens is 294 g/mol. The fourth-order valence-corrected chi connectivity index (χ4v) is 4.25. The van der Waals surface area contributed by atoms with Crippen molar-refractivity contribution in [2.75, 3.05) is 5.75 Å². The molecule has 1 aromatic rings. The summed E-state index contributed by atoms with van der Waals surface area (Å²) < 4.78 is 2.33. The van der Waals surface area contributed by atoms with Gasteiger partial charge in [0, 0.05) is 17.8 Å². The number of thioether (sulfide) groups is 1. The van der Waals surface area contributed by atoms with Crippen LogP contribution in [0.4, 0.5) is 0 Å². The Balaban J connectivity index is 1.53. The Morgan fingerprint density at radius 2 is 1.86 bits per heavy atom. The summed E-state index contributed by atoms with van der Waals surface area (Å²) >= 11 is 1.59. The molecule has 0 bridgehead atoms. The smallest absolute Gasteiger partial charge is 0.230 e. The number of carbonyl (C=O) groups excluding carboxylic acids is 1. The van der Waals surface area contributed by atoms with E-state index in [4.69, 9.17) is 0 Å². The first-order valence-corrected chi connectivity index (χ1v) is 9.61. The molecule has 4 nitrogen and oxygen atoms in total. The van der Waals surface area contributed by atoms with E-state index in [-0.39, 0.29) is 5.91 Å². The van der Waals surface area contributed by atoms with E-state index in [1.807, 2.05) is 0 Å². The molecule has 2 saturated carbocycles. The van der Waals surface area contributed by atoms with Crippen LogP contribution in [-0.4, -0.2) is 27.3 Å². The van der Waals surface area contributed by atoms with Gasteiger partial charge >= 0.3 is 0 Å². The van der Waals surface area contributed by atoms with Crippen molar-refractivity contribution in [1.29, 1.82) is 0 Å². The highest BCUT2D eigenvalue weighted by Gasteiger charge is 2.28. The topological polar surface area (TPSA) is 46.9 Å². The number of nitrogens with zero attached hydrogens (tertiary/aromatic N) is 2. The van der Waals surface area contributed by atoms with Gasteiger partial charge in [-0.15, -0.1) is 0 Å². The number of aryl methyl sites for hydroxylation is 1. The van der Waals surface area contributed by atoms with Crippen molar-refractivity contribution in [2.45, 2.75) is 82.5 Å². The highest BCUT2D eigenvalue weighted by Crippen LogP contribution is 2.39. The van der Waals surface area contributed by atoms with Gasteiger partial charge in [-0.3, -0.25) is 4.79 Å². The Kier molecular flexibility index (Phi) is 5.11. The number of hydrogen-bond donors (Lipinski definition) is 1. The Morgan fingerprint density at radius 3 is 2.50 bits per heavy atom. The molecule has 1 amide bonds. The summed E-state index contributed by atoms with van der Waals surface area (Å²) in [5, 5.41) is 4.24. The fraction of sp³-hybridized carbons (Fsp3) is 0.765. The molecule has 5 heteroatoms. The van der Waals surface area contributed by atoms with Crippen LogP contribution >= 0.6 is 11.8 Å². The van der Waals surface area contributed by atoms with Crippen molar-refractivity contribution in [3.05, 3.63) is 11.4 Å². The molecule has 0 saturated heterocycles. The Labute approximate surface area is 137 Å². The Morgan fingerprint density at radius 1 is 1.18 bits per heavy atom. The lowest BCUT2D eigenvalue weighted by atomic mass is 10.1. The number of nitrogens with one attached hydrogen (secondary N) is 1. The number of hydrogen-bond acceptors (Lipinski definition) is 3. The van der Waals surface area contributed by atoms with Crippen LogP contribution in [0.15, 0.2) is 5.16 Å². The average Bonchev–Trinajstić information content (AvgIpc) is 3.29. The van der Waals surface area contributed by atoms with Gasteiger partial charge < -0.3 is 9.88 Å². The van der Waals surface area contributed by atoms with E-state index in [0.29, 0.717) is 17.8 Å². The van der Waals surface area contributed by atoms with E-state index in [9.17, 15) is 4.79 Å². The molecule has 1 heterocycles. The minimum absolute atomic E-state index is 0.164. The second-order valence-electron chi connectivity index (χ2n) is 6.71. The summed E-state index contributed by atoms with van der Waals surface area (Å²) in [6.45, 7) is 4.19. The molecule has 0 atom stereocenters. The van der Waals surface area contributed by atoms with Crippen molar-refractivity contribution < 1.29 is 4.79 Å². The number of aromatic nitrogens is 2. The highest BCUT2D eigenvalue weighted by molar-refractivity contribution is 7.99. The maximum absolute atomic E-state index is 12.2. The van der Waals surface area contributed by atoms with Gasteiger partial charge in [0.2, 0.25) is 5.91 Å². The molecule has 3 rings (SSSR count). The standard InChI is InChI=1S/C17H27N3OS/c1-12-13(2)20(15-9-10-15)17(18-12)22-11-16(21)19-14-7-5-3-4-6-8-14/h14-15H,3-11H2,1-2H3,(H,19,21). The van der Waals surface area contributed by atoms with Crippen molar-refractivity contribution in [1.82, 2.24) is 14.9 Å². The zero-order valence-electron chi connectivity index (χ0n) is 13.7. The largest absolute Gasteiger partial charge is 0.353 e. The molecule has 1 aromatic heterocycles. The van der Waals surface area contributed by atoms with E-state index < -0.39 is 0 Å². The number of imidazole rings is 1. The first-order valence-electron chi connectivity index (χ1n) is 8.62. The van der Waals surface area contributed by atoms with Gasteiger partial charge in [0.05, 0.1) is 11.4 Å². The maximum Gasteiger partial charge on any atom is 0.230 e. The van der Waals surface area contributed by atoms with Crippen LogP contribution in [0.2, 0.25) is 0 Å². The molecule has 0 radical (unpaired) electrons. The van der Waals surface area contributed by atoms with E-state index in [0.717, 1.165) is 23.7 Å². The summed E-state index contributed by atoms with van der Waals surface area (Å²) in [5.41, 5.74) is 2.35. The number of carbonyl (C=O) groups is 1. The summed E-state index contributed by atoms with van der Waals surface area (Å²) in [6, 6.07) is 1.01. The molecule has 1 N–H and O–H groups in total. The van der Waals surface area contributed by atoms with Crippen LogP contribution < -0.4 is 5.32 Å². The van der Waals surface area contributed by atoms with E-state index in [2.05, 4.69) is 28.7 Å². The van der Waals surface area contributed by atoms with Gasteiger partial charge in [0.15, 0.2) is 5.16 Å². The van der Waals surface area contributed by atoms with Crippen molar-refractivity contribution in [3.63, 3.8) is 0 Å². The Bertz CT molecular complexity index is 528. The quantitative estimate of drug-likeness (QED) is 0.663. The lowest BCUT2D eigenvalue weighted by Gasteiger charge is -2.16. The average molecular weight is 321 g/mol. The molecule has 0 aromatic carbocycles. The monoisotopic (exact) mass is 321 g/mol. The third-order valence-electron chi connectivity index (χ3n) is 4.82. The normalized spacial score (nSPS) is 19.9. The molecule has 22 heavy (non-hydrogen) atoms. The van der Waals surface area contributed by atoms with Crippen LogP contribution in [0.5, 0.6) is 0 Å². The molecule has 0 aliphatic heterocycles. The van der Waals surface area contributed by atoms with Gasteiger partial charge in [0.1, 0.15) is 0 Å². The van der Waals surface area contributed by atoms with E-state index in [1.165, 1.54) is 44.2 Å². The number of rotatable bonds is 5. The molecule has 2 aliphatic carbocycles. The lowest BCUT2D eigenvalue weighted by Crippen LogP contribution is -2.35. The van der Waals surface area contributed by atoms with Gasteiger partial charge in [0.25, 0.3) is 0 Å². The lowest BCUT2D eigenvalue weighted by molar-refractivity contribution is -0.119. The molecule has 122 valence electrons. The van der Waals surface area contributed by atoms with Crippen LogP contribution in [0.1, 0.15) is 68.8 Å². The van der Waals surface area contributed by atoms with Gasteiger partial charge in [-0.05, 0) is 39.5 Å². The fourth-order valence-electron chi connectivity index (χ4n) is 3.28. The van der Waals surface area contributed by atoms with E-state index >= 15 is 0 Å². The first-order chi connectivity index (χ1) is 10.6. The highest BCUT2D eigenvalue weighted by atomic mass is 32.2. The van der Waals surface area contributed by atoms with Crippen LogP contribution in [0.3, 0.4) is 0 Å². The maximum atomic E-state index is 12.2. The zero-order valence-corrected chi connectivity index (χ0v) is 14.5. The summed E-state index contributed by atoms with van der Waals surface area (Å²) in [5.74, 6) is 0.650. The first kappa shape index (κ1) is 15.9.